The molecule has 116 valence electrons. The molecule has 5 nitrogen and oxygen atoms in total. The first-order valence-electron chi connectivity index (χ1n) is 7.22. The topological polar surface area (TPSA) is 59.8 Å². The first-order valence-corrected chi connectivity index (χ1v) is 7.22. The Morgan fingerprint density at radius 3 is 2.30 bits per heavy atom. The fraction of sp³-hybridized carbons (Fsp3) is 0.118. The van der Waals surface area contributed by atoms with E-state index in [9.17, 15) is 9.18 Å². The summed E-state index contributed by atoms with van der Waals surface area (Å²) in [6.07, 6.45) is 4.12. The average Bonchev–Trinajstić information content (AvgIpc) is 3.09. The van der Waals surface area contributed by atoms with Gasteiger partial charge in [-0.05, 0) is 48.4 Å². The SMILES string of the molecule is O=C(CCc1ccc(F)cc1)Nc1ccc(-n2nccn2)cc1. The third-order valence-electron chi connectivity index (χ3n) is 3.35. The molecule has 0 aliphatic rings. The molecular weight excluding hydrogens is 295 g/mol. The molecule has 0 fully saturated rings. The van der Waals surface area contributed by atoms with Gasteiger partial charge in [-0.3, -0.25) is 4.79 Å². The molecule has 23 heavy (non-hydrogen) atoms. The van der Waals surface area contributed by atoms with Crippen molar-refractivity contribution in [2.45, 2.75) is 12.8 Å². The fourth-order valence-electron chi connectivity index (χ4n) is 2.16. The van der Waals surface area contributed by atoms with Crippen LogP contribution in [0.25, 0.3) is 5.69 Å². The van der Waals surface area contributed by atoms with Crippen molar-refractivity contribution >= 4 is 11.6 Å². The summed E-state index contributed by atoms with van der Waals surface area (Å²) in [5.41, 5.74) is 2.46. The average molecular weight is 310 g/mol. The third kappa shape index (κ3) is 4.00. The molecule has 2 aromatic carbocycles. The second-order valence-corrected chi connectivity index (χ2v) is 5.04. The van der Waals surface area contributed by atoms with Crippen LogP contribution in [0, 0.1) is 5.82 Å². The van der Waals surface area contributed by atoms with E-state index in [0.29, 0.717) is 18.5 Å². The monoisotopic (exact) mass is 310 g/mol. The maximum atomic E-state index is 12.8. The lowest BCUT2D eigenvalue weighted by atomic mass is 10.1. The number of aromatic nitrogens is 3. The molecule has 0 saturated heterocycles. The van der Waals surface area contributed by atoms with E-state index in [1.807, 2.05) is 12.1 Å². The van der Waals surface area contributed by atoms with Crippen LogP contribution < -0.4 is 5.32 Å². The Kier molecular flexibility index (Phi) is 4.42. The number of aryl methyl sites for hydroxylation is 1. The van der Waals surface area contributed by atoms with E-state index in [0.717, 1.165) is 11.3 Å². The lowest BCUT2D eigenvalue weighted by molar-refractivity contribution is -0.116. The Balaban J connectivity index is 1.54. The predicted molar refractivity (Wildman–Crippen MR) is 84.7 cm³/mol. The van der Waals surface area contributed by atoms with Crippen molar-refractivity contribution in [2.24, 2.45) is 0 Å². The van der Waals surface area contributed by atoms with Crippen LogP contribution in [0.1, 0.15) is 12.0 Å². The van der Waals surface area contributed by atoms with Gasteiger partial charge in [-0.25, -0.2) is 4.39 Å². The quantitative estimate of drug-likeness (QED) is 0.788. The van der Waals surface area contributed by atoms with Gasteiger partial charge in [0.1, 0.15) is 5.82 Å². The van der Waals surface area contributed by atoms with Crippen LogP contribution in [-0.4, -0.2) is 20.9 Å². The fourth-order valence-corrected chi connectivity index (χ4v) is 2.16. The van der Waals surface area contributed by atoms with Crippen LogP contribution in [0.4, 0.5) is 10.1 Å². The summed E-state index contributed by atoms with van der Waals surface area (Å²) in [5.74, 6) is -0.357. The van der Waals surface area contributed by atoms with Crippen LogP contribution in [0.5, 0.6) is 0 Å². The van der Waals surface area contributed by atoms with E-state index in [4.69, 9.17) is 0 Å². The van der Waals surface area contributed by atoms with Gasteiger partial charge in [0, 0.05) is 12.1 Å². The summed E-state index contributed by atoms with van der Waals surface area (Å²) in [6.45, 7) is 0. The molecule has 1 aromatic heterocycles. The van der Waals surface area contributed by atoms with E-state index < -0.39 is 0 Å². The lowest BCUT2D eigenvalue weighted by Gasteiger charge is -2.06. The molecule has 3 rings (SSSR count). The molecule has 1 amide bonds. The van der Waals surface area contributed by atoms with Crippen molar-refractivity contribution in [1.29, 1.82) is 0 Å². The third-order valence-corrected chi connectivity index (χ3v) is 3.35. The molecule has 0 bridgehead atoms. The van der Waals surface area contributed by atoms with Gasteiger partial charge in [0.2, 0.25) is 5.91 Å². The molecule has 0 unspecified atom stereocenters. The summed E-state index contributed by atoms with van der Waals surface area (Å²) in [5, 5.41) is 10.9. The van der Waals surface area contributed by atoms with Gasteiger partial charge in [-0.2, -0.15) is 15.0 Å². The Morgan fingerprint density at radius 2 is 1.65 bits per heavy atom. The van der Waals surface area contributed by atoms with Crippen molar-refractivity contribution < 1.29 is 9.18 Å². The number of carbonyl (C=O) groups is 1. The van der Waals surface area contributed by atoms with Gasteiger partial charge in [0.05, 0.1) is 18.1 Å². The minimum atomic E-state index is -0.273. The second-order valence-electron chi connectivity index (χ2n) is 5.04. The number of amides is 1. The van der Waals surface area contributed by atoms with Crippen LogP contribution >= 0.6 is 0 Å². The minimum absolute atomic E-state index is 0.0840. The number of halogens is 1. The maximum Gasteiger partial charge on any atom is 0.224 e. The van der Waals surface area contributed by atoms with E-state index in [1.54, 1.807) is 36.7 Å². The van der Waals surface area contributed by atoms with Gasteiger partial charge >= 0.3 is 0 Å². The molecule has 0 aliphatic heterocycles. The number of nitrogens with one attached hydrogen (secondary N) is 1. The molecule has 0 atom stereocenters. The zero-order valence-electron chi connectivity index (χ0n) is 12.3. The maximum absolute atomic E-state index is 12.8. The van der Waals surface area contributed by atoms with E-state index >= 15 is 0 Å². The first-order chi connectivity index (χ1) is 11.2. The standard InChI is InChI=1S/C17H15FN4O/c18-14-4-1-13(2-5-14)3-10-17(23)21-15-6-8-16(9-7-15)22-19-11-12-20-22/h1-2,4-9,11-12H,3,10H2,(H,21,23). The van der Waals surface area contributed by atoms with Crippen molar-refractivity contribution in [1.82, 2.24) is 15.0 Å². The second kappa shape index (κ2) is 6.83. The summed E-state index contributed by atoms with van der Waals surface area (Å²) in [7, 11) is 0. The van der Waals surface area contributed by atoms with Crippen LogP contribution in [0.3, 0.4) is 0 Å². The van der Waals surface area contributed by atoms with E-state index in [-0.39, 0.29) is 11.7 Å². The lowest BCUT2D eigenvalue weighted by Crippen LogP contribution is -2.12. The normalized spacial score (nSPS) is 10.5. The van der Waals surface area contributed by atoms with Gasteiger partial charge in [-0.1, -0.05) is 12.1 Å². The highest BCUT2D eigenvalue weighted by atomic mass is 19.1. The number of hydrogen-bond donors (Lipinski definition) is 1. The smallest absolute Gasteiger partial charge is 0.224 e. The molecule has 1 heterocycles. The highest BCUT2D eigenvalue weighted by Gasteiger charge is 2.04. The van der Waals surface area contributed by atoms with Crippen molar-refractivity contribution in [3.63, 3.8) is 0 Å². The van der Waals surface area contributed by atoms with Crippen LogP contribution in [0.2, 0.25) is 0 Å². The highest BCUT2D eigenvalue weighted by Crippen LogP contribution is 2.13. The minimum Gasteiger partial charge on any atom is -0.326 e. The van der Waals surface area contributed by atoms with Crippen molar-refractivity contribution in [3.05, 3.63) is 72.3 Å². The number of nitrogens with zero attached hydrogens (tertiary/aromatic N) is 3. The summed E-state index contributed by atoms with van der Waals surface area (Å²) in [4.78, 5) is 13.5. The Bertz CT molecular complexity index is 767. The predicted octanol–water partition coefficient (Wildman–Crippen LogP) is 2.98. The Hall–Kier alpha value is -3.02. The molecule has 0 spiro atoms. The Labute approximate surface area is 132 Å². The highest BCUT2D eigenvalue weighted by molar-refractivity contribution is 5.90. The van der Waals surface area contributed by atoms with Crippen molar-refractivity contribution in [3.8, 4) is 5.69 Å². The number of carbonyl (C=O) groups excluding carboxylic acids is 1. The Morgan fingerprint density at radius 1 is 1.00 bits per heavy atom. The summed E-state index contributed by atoms with van der Waals surface area (Å²) in [6, 6.07) is 13.4. The zero-order chi connectivity index (χ0) is 16.1. The number of anilines is 1. The largest absolute Gasteiger partial charge is 0.326 e. The van der Waals surface area contributed by atoms with Gasteiger partial charge < -0.3 is 5.32 Å². The first kappa shape index (κ1) is 14.9. The number of benzene rings is 2. The number of hydrogen-bond acceptors (Lipinski definition) is 3. The zero-order valence-corrected chi connectivity index (χ0v) is 12.3. The van der Waals surface area contributed by atoms with Gasteiger partial charge in [0.25, 0.3) is 0 Å². The molecular formula is C17H15FN4O. The van der Waals surface area contributed by atoms with E-state index in [1.165, 1.54) is 16.9 Å². The summed E-state index contributed by atoms with van der Waals surface area (Å²) >= 11 is 0. The molecule has 0 aliphatic carbocycles. The van der Waals surface area contributed by atoms with Gasteiger partial charge in [0.15, 0.2) is 0 Å². The number of rotatable bonds is 5. The molecule has 0 saturated carbocycles. The van der Waals surface area contributed by atoms with Crippen molar-refractivity contribution in [2.75, 3.05) is 5.32 Å². The summed E-state index contributed by atoms with van der Waals surface area (Å²) < 4.78 is 12.8. The van der Waals surface area contributed by atoms with E-state index in [2.05, 4.69) is 15.5 Å². The molecule has 3 aromatic rings. The van der Waals surface area contributed by atoms with Crippen LogP contribution in [-0.2, 0) is 11.2 Å². The van der Waals surface area contributed by atoms with Crippen LogP contribution in [0.15, 0.2) is 60.9 Å². The molecule has 0 radical (unpaired) electrons. The van der Waals surface area contributed by atoms with Gasteiger partial charge in [-0.15, -0.1) is 0 Å². The molecule has 6 heteroatoms. The molecule has 1 N–H and O–H groups in total.